The van der Waals surface area contributed by atoms with E-state index >= 15 is 0 Å². The molecule has 22 heavy (non-hydrogen) atoms. The van der Waals surface area contributed by atoms with Crippen LogP contribution in [0.1, 0.15) is 23.7 Å². The Balaban J connectivity index is 2.34. The average molecular weight is 342 g/mol. The highest BCUT2D eigenvalue weighted by Gasteiger charge is 2.16. The number of anilines is 1. The van der Waals surface area contributed by atoms with Crippen molar-refractivity contribution in [2.24, 2.45) is 0 Å². The summed E-state index contributed by atoms with van der Waals surface area (Å²) in [6.07, 6.45) is 0.282. The van der Waals surface area contributed by atoms with Crippen molar-refractivity contribution < 1.29 is 17.6 Å². The minimum atomic E-state index is -3.89. The largest absolute Gasteiger partial charge is 0.294 e. The van der Waals surface area contributed by atoms with Gasteiger partial charge in [0.15, 0.2) is 5.78 Å². The topological polar surface area (TPSA) is 63.2 Å². The van der Waals surface area contributed by atoms with Crippen LogP contribution < -0.4 is 4.72 Å². The maximum Gasteiger partial charge on any atom is 0.261 e. The second-order valence-electron chi connectivity index (χ2n) is 4.54. The third-order valence-electron chi connectivity index (χ3n) is 2.96. The Morgan fingerprint density at radius 2 is 1.95 bits per heavy atom. The first-order valence-electron chi connectivity index (χ1n) is 6.44. The van der Waals surface area contributed by atoms with Crippen LogP contribution in [0.5, 0.6) is 0 Å². The molecule has 0 radical (unpaired) electrons. The summed E-state index contributed by atoms with van der Waals surface area (Å²) in [5.41, 5.74) is 0.459. The molecular formula is C15H13ClFNO3S. The molecule has 0 bridgehead atoms. The highest BCUT2D eigenvalue weighted by atomic mass is 35.5. The van der Waals surface area contributed by atoms with Gasteiger partial charge in [-0.05, 0) is 30.3 Å². The summed E-state index contributed by atoms with van der Waals surface area (Å²) in [6, 6.07) is 9.24. The van der Waals surface area contributed by atoms with Crippen molar-refractivity contribution in [1.82, 2.24) is 0 Å². The molecule has 1 N–H and O–H groups in total. The SMILES string of the molecule is CCC(=O)c1cccc(S(=O)(=O)Nc2ccc(F)c(Cl)c2)c1. The first-order valence-corrected chi connectivity index (χ1v) is 8.30. The predicted octanol–water partition coefficient (Wildman–Crippen LogP) is 3.87. The van der Waals surface area contributed by atoms with Gasteiger partial charge in [-0.2, -0.15) is 0 Å². The van der Waals surface area contributed by atoms with Crippen LogP contribution in [0.25, 0.3) is 0 Å². The van der Waals surface area contributed by atoms with Crippen molar-refractivity contribution in [2.45, 2.75) is 18.2 Å². The summed E-state index contributed by atoms with van der Waals surface area (Å²) in [6.45, 7) is 1.70. The van der Waals surface area contributed by atoms with Gasteiger partial charge in [0.2, 0.25) is 0 Å². The highest BCUT2D eigenvalue weighted by molar-refractivity contribution is 7.92. The van der Waals surface area contributed by atoms with Gasteiger partial charge < -0.3 is 0 Å². The molecule has 4 nitrogen and oxygen atoms in total. The standard InChI is InChI=1S/C15H13ClFNO3S/c1-2-15(19)10-4-3-5-12(8-10)22(20,21)18-11-6-7-14(17)13(16)9-11/h3-9,18H,2H2,1H3. The fourth-order valence-electron chi connectivity index (χ4n) is 1.81. The molecule has 0 aliphatic heterocycles. The molecule has 0 aliphatic carbocycles. The van der Waals surface area contributed by atoms with E-state index in [9.17, 15) is 17.6 Å². The van der Waals surface area contributed by atoms with E-state index in [1.807, 2.05) is 0 Å². The minimum Gasteiger partial charge on any atom is -0.294 e. The number of Topliss-reactive ketones (excluding diaryl/α,β-unsaturated/α-hetero) is 1. The van der Waals surface area contributed by atoms with E-state index in [1.54, 1.807) is 13.0 Å². The number of hydrogen-bond donors (Lipinski definition) is 1. The molecule has 0 saturated carbocycles. The van der Waals surface area contributed by atoms with Crippen LogP contribution in [0.3, 0.4) is 0 Å². The van der Waals surface area contributed by atoms with E-state index in [0.29, 0.717) is 5.56 Å². The Labute approximate surface area is 133 Å². The van der Waals surface area contributed by atoms with Crippen LogP contribution in [-0.4, -0.2) is 14.2 Å². The number of nitrogens with one attached hydrogen (secondary N) is 1. The van der Waals surface area contributed by atoms with Crippen molar-refractivity contribution >= 4 is 33.1 Å². The second-order valence-corrected chi connectivity index (χ2v) is 6.63. The molecule has 0 heterocycles. The molecule has 0 atom stereocenters. The lowest BCUT2D eigenvalue weighted by atomic mass is 10.1. The number of hydrogen-bond acceptors (Lipinski definition) is 3. The number of benzene rings is 2. The number of ketones is 1. The van der Waals surface area contributed by atoms with Gasteiger partial charge in [0.1, 0.15) is 5.82 Å². The molecule has 2 aromatic carbocycles. The highest BCUT2D eigenvalue weighted by Crippen LogP contribution is 2.22. The van der Waals surface area contributed by atoms with Crippen LogP contribution in [-0.2, 0) is 10.0 Å². The van der Waals surface area contributed by atoms with Crippen LogP contribution >= 0.6 is 11.6 Å². The predicted molar refractivity (Wildman–Crippen MR) is 83.3 cm³/mol. The summed E-state index contributed by atoms with van der Waals surface area (Å²) >= 11 is 5.62. The van der Waals surface area contributed by atoms with Crippen LogP contribution in [0.4, 0.5) is 10.1 Å². The van der Waals surface area contributed by atoms with E-state index in [1.165, 1.54) is 30.3 Å². The smallest absolute Gasteiger partial charge is 0.261 e. The van der Waals surface area contributed by atoms with Gasteiger partial charge in [0.05, 0.1) is 15.6 Å². The molecular weight excluding hydrogens is 329 g/mol. The first-order chi connectivity index (χ1) is 10.3. The van der Waals surface area contributed by atoms with E-state index in [4.69, 9.17) is 11.6 Å². The fourth-order valence-corrected chi connectivity index (χ4v) is 3.09. The Bertz CT molecular complexity index is 821. The van der Waals surface area contributed by atoms with Gasteiger partial charge >= 0.3 is 0 Å². The summed E-state index contributed by atoms with van der Waals surface area (Å²) in [4.78, 5) is 11.6. The van der Waals surface area contributed by atoms with Crippen molar-refractivity contribution in [3.8, 4) is 0 Å². The number of rotatable bonds is 5. The third-order valence-corrected chi connectivity index (χ3v) is 4.63. The quantitative estimate of drug-likeness (QED) is 0.839. The zero-order chi connectivity index (χ0) is 16.3. The van der Waals surface area contributed by atoms with Crippen molar-refractivity contribution in [2.75, 3.05) is 4.72 Å². The van der Waals surface area contributed by atoms with Crippen LogP contribution in [0, 0.1) is 5.82 Å². The Kier molecular flexibility index (Phi) is 4.83. The van der Waals surface area contributed by atoms with Gasteiger partial charge in [-0.1, -0.05) is 30.7 Å². The molecule has 0 spiro atoms. The maximum absolute atomic E-state index is 13.1. The molecule has 0 fully saturated rings. The number of halogens is 2. The molecule has 0 amide bonds. The average Bonchev–Trinajstić information content (AvgIpc) is 2.50. The van der Waals surface area contributed by atoms with Crippen molar-refractivity contribution in [3.05, 3.63) is 58.9 Å². The number of carbonyl (C=O) groups is 1. The summed E-state index contributed by atoms with van der Waals surface area (Å²) in [7, 11) is -3.89. The van der Waals surface area contributed by atoms with E-state index < -0.39 is 15.8 Å². The summed E-state index contributed by atoms with van der Waals surface area (Å²) < 4.78 is 40.0. The second kappa shape index (κ2) is 6.46. The third kappa shape index (κ3) is 3.64. The van der Waals surface area contributed by atoms with Crippen LogP contribution in [0.2, 0.25) is 5.02 Å². The maximum atomic E-state index is 13.1. The Morgan fingerprint density at radius 1 is 1.23 bits per heavy atom. The molecule has 0 unspecified atom stereocenters. The molecule has 0 aromatic heterocycles. The molecule has 2 aromatic rings. The van der Waals surface area contributed by atoms with Gasteiger partial charge in [0, 0.05) is 12.0 Å². The lowest BCUT2D eigenvalue weighted by Crippen LogP contribution is -2.13. The molecule has 0 saturated heterocycles. The van der Waals surface area contributed by atoms with E-state index in [2.05, 4.69) is 4.72 Å². The lowest BCUT2D eigenvalue weighted by molar-refractivity contribution is 0.0988. The Hall–Kier alpha value is -1.92. The molecule has 0 aliphatic rings. The minimum absolute atomic E-state index is 0.0488. The zero-order valence-electron chi connectivity index (χ0n) is 11.6. The van der Waals surface area contributed by atoms with Gasteiger partial charge in [-0.25, -0.2) is 12.8 Å². The van der Waals surface area contributed by atoms with Crippen molar-refractivity contribution in [3.63, 3.8) is 0 Å². The Morgan fingerprint density at radius 3 is 2.59 bits per heavy atom. The van der Waals surface area contributed by atoms with E-state index in [-0.39, 0.29) is 27.8 Å². The van der Waals surface area contributed by atoms with Crippen LogP contribution in [0.15, 0.2) is 47.4 Å². The van der Waals surface area contributed by atoms with Gasteiger partial charge in [0.25, 0.3) is 10.0 Å². The zero-order valence-corrected chi connectivity index (χ0v) is 13.2. The summed E-state index contributed by atoms with van der Waals surface area (Å²) in [5.74, 6) is -0.790. The van der Waals surface area contributed by atoms with Gasteiger partial charge in [-0.15, -0.1) is 0 Å². The van der Waals surface area contributed by atoms with Gasteiger partial charge in [-0.3, -0.25) is 9.52 Å². The molecule has 2 rings (SSSR count). The van der Waals surface area contributed by atoms with Crippen molar-refractivity contribution in [1.29, 1.82) is 0 Å². The number of sulfonamides is 1. The molecule has 116 valence electrons. The summed E-state index contributed by atoms with van der Waals surface area (Å²) in [5, 5.41) is -0.185. The first kappa shape index (κ1) is 16.5. The number of carbonyl (C=O) groups excluding carboxylic acids is 1. The normalized spacial score (nSPS) is 11.2. The molecule has 7 heteroatoms. The lowest BCUT2D eigenvalue weighted by Gasteiger charge is -2.09. The van der Waals surface area contributed by atoms with E-state index in [0.717, 1.165) is 6.07 Å². The fraction of sp³-hybridized carbons (Fsp3) is 0.133. The monoisotopic (exact) mass is 341 g/mol.